The van der Waals surface area contributed by atoms with Gasteiger partial charge in [0, 0.05) is 17.8 Å². The topological polar surface area (TPSA) is 12.0 Å². The Kier molecular flexibility index (Phi) is 2.63. The summed E-state index contributed by atoms with van der Waals surface area (Å²) in [5.74, 6) is -0.187. The predicted octanol–water partition coefficient (Wildman–Crippen LogP) is 4.22. The molecule has 0 saturated heterocycles. The van der Waals surface area contributed by atoms with Gasteiger partial charge in [0.2, 0.25) is 0 Å². The van der Waals surface area contributed by atoms with E-state index in [4.69, 9.17) is 0 Å². The van der Waals surface area contributed by atoms with Crippen molar-refractivity contribution in [2.24, 2.45) is 0 Å². The Morgan fingerprint density at radius 2 is 1.82 bits per heavy atom. The lowest BCUT2D eigenvalue weighted by molar-refractivity contribution is 0.624. The maximum Gasteiger partial charge on any atom is 0.145 e. The molecular formula is C14H11BrFN. The predicted molar refractivity (Wildman–Crippen MR) is 71.7 cm³/mol. The summed E-state index contributed by atoms with van der Waals surface area (Å²) in [6.07, 6.45) is 0.956. The van der Waals surface area contributed by atoms with Gasteiger partial charge >= 0.3 is 0 Å². The first-order chi connectivity index (χ1) is 8.27. The Bertz CT molecular complexity index is 580. The third-order valence-electron chi connectivity index (χ3n) is 3.11. The van der Waals surface area contributed by atoms with Crippen LogP contribution in [0.15, 0.2) is 40.9 Å². The molecule has 0 aliphatic carbocycles. The minimum Gasteiger partial charge on any atom is -0.384 e. The minimum atomic E-state index is -0.187. The molecule has 1 nitrogen and oxygen atoms in total. The monoisotopic (exact) mass is 291 g/mol. The lowest BCUT2D eigenvalue weighted by Gasteiger charge is -2.09. The molecule has 17 heavy (non-hydrogen) atoms. The molecule has 2 aromatic rings. The van der Waals surface area contributed by atoms with Crippen molar-refractivity contribution in [2.75, 3.05) is 11.9 Å². The van der Waals surface area contributed by atoms with Gasteiger partial charge in [0.25, 0.3) is 0 Å². The van der Waals surface area contributed by atoms with Crippen molar-refractivity contribution in [3.63, 3.8) is 0 Å². The van der Waals surface area contributed by atoms with E-state index >= 15 is 0 Å². The van der Waals surface area contributed by atoms with E-state index in [1.807, 2.05) is 30.3 Å². The zero-order valence-corrected chi connectivity index (χ0v) is 10.7. The second-order valence-electron chi connectivity index (χ2n) is 4.11. The van der Waals surface area contributed by atoms with E-state index < -0.39 is 0 Å². The lowest BCUT2D eigenvalue weighted by atomic mass is 9.97. The van der Waals surface area contributed by atoms with E-state index in [1.165, 1.54) is 5.56 Å². The average molecular weight is 292 g/mol. The summed E-state index contributed by atoms with van der Waals surface area (Å²) >= 11 is 3.23. The van der Waals surface area contributed by atoms with Crippen LogP contribution in [0.4, 0.5) is 10.1 Å². The summed E-state index contributed by atoms with van der Waals surface area (Å²) in [6, 6.07) is 11.4. The smallest absolute Gasteiger partial charge is 0.145 e. The second-order valence-corrected chi connectivity index (χ2v) is 4.96. The van der Waals surface area contributed by atoms with Gasteiger partial charge in [-0.25, -0.2) is 4.39 Å². The van der Waals surface area contributed by atoms with Crippen LogP contribution in [0.3, 0.4) is 0 Å². The Hall–Kier alpha value is -1.35. The quantitative estimate of drug-likeness (QED) is 0.829. The van der Waals surface area contributed by atoms with E-state index in [2.05, 4.69) is 21.2 Å². The number of nitrogens with one attached hydrogen (secondary N) is 1. The molecule has 0 atom stereocenters. The second kappa shape index (κ2) is 4.15. The molecule has 3 rings (SSSR count). The molecule has 0 amide bonds. The first kappa shape index (κ1) is 10.8. The van der Waals surface area contributed by atoms with E-state index in [-0.39, 0.29) is 5.82 Å². The van der Waals surface area contributed by atoms with Gasteiger partial charge in [-0.15, -0.1) is 0 Å². The van der Waals surface area contributed by atoms with Crippen molar-refractivity contribution in [1.82, 2.24) is 0 Å². The first-order valence-electron chi connectivity index (χ1n) is 5.57. The lowest BCUT2D eigenvalue weighted by Crippen LogP contribution is -1.90. The summed E-state index contributed by atoms with van der Waals surface area (Å²) in [6.45, 7) is 0.933. The first-order valence-corrected chi connectivity index (χ1v) is 6.37. The van der Waals surface area contributed by atoms with Crippen LogP contribution in [0.5, 0.6) is 0 Å². The molecule has 1 N–H and O–H groups in total. The van der Waals surface area contributed by atoms with Crippen LogP contribution >= 0.6 is 15.9 Å². The van der Waals surface area contributed by atoms with Crippen molar-refractivity contribution in [3.8, 4) is 11.1 Å². The number of fused-ring (bicyclic) bond motifs is 1. The van der Waals surface area contributed by atoms with Crippen LogP contribution in [0.1, 0.15) is 5.56 Å². The fraction of sp³-hybridized carbons (Fsp3) is 0.143. The summed E-state index contributed by atoms with van der Waals surface area (Å²) in [5.41, 5.74) is 4.00. The van der Waals surface area contributed by atoms with Crippen LogP contribution in [-0.4, -0.2) is 6.54 Å². The average Bonchev–Trinajstić information content (AvgIpc) is 2.81. The number of halogens is 2. The zero-order valence-electron chi connectivity index (χ0n) is 9.13. The van der Waals surface area contributed by atoms with E-state index in [9.17, 15) is 4.39 Å². The molecule has 0 saturated carbocycles. The van der Waals surface area contributed by atoms with Crippen LogP contribution in [-0.2, 0) is 6.42 Å². The summed E-state index contributed by atoms with van der Waals surface area (Å²) in [4.78, 5) is 0. The number of hydrogen-bond acceptors (Lipinski definition) is 1. The summed E-state index contributed by atoms with van der Waals surface area (Å²) in [7, 11) is 0. The van der Waals surface area contributed by atoms with Gasteiger partial charge < -0.3 is 5.32 Å². The number of hydrogen-bond donors (Lipinski definition) is 1. The Morgan fingerprint density at radius 3 is 2.71 bits per heavy atom. The van der Waals surface area contributed by atoms with Crippen LogP contribution in [0.25, 0.3) is 11.1 Å². The molecule has 86 valence electrons. The van der Waals surface area contributed by atoms with E-state index in [0.717, 1.165) is 24.2 Å². The minimum absolute atomic E-state index is 0.187. The normalized spacial score (nSPS) is 13.3. The maximum absolute atomic E-state index is 14.1. The molecule has 0 aromatic heterocycles. The van der Waals surface area contributed by atoms with Crippen LogP contribution < -0.4 is 5.32 Å². The van der Waals surface area contributed by atoms with Gasteiger partial charge in [-0.1, -0.05) is 24.3 Å². The van der Waals surface area contributed by atoms with Gasteiger partial charge in [-0.2, -0.15) is 0 Å². The Balaban J connectivity index is 2.23. The molecular weight excluding hydrogens is 281 g/mol. The molecule has 0 bridgehead atoms. The van der Waals surface area contributed by atoms with Gasteiger partial charge in [0.1, 0.15) is 5.82 Å². The zero-order chi connectivity index (χ0) is 11.8. The van der Waals surface area contributed by atoms with Crippen molar-refractivity contribution >= 4 is 21.6 Å². The van der Waals surface area contributed by atoms with Crippen molar-refractivity contribution in [1.29, 1.82) is 0 Å². The number of benzene rings is 2. The summed E-state index contributed by atoms with van der Waals surface area (Å²) in [5, 5.41) is 3.31. The maximum atomic E-state index is 14.1. The number of rotatable bonds is 1. The largest absolute Gasteiger partial charge is 0.384 e. The molecule has 2 aromatic carbocycles. The molecule has 0 unspecified atom stereocenters. The van der Waals surface area contributed by atoms with Crippen molar-refractivity contribution in [3.05, 3.63) is 52.3 Å². The highest BCUT2D eigenvalue weighted by Gasteiger charge is 2.17. The van der Waals surface area contributed by atoms with E-state index in [0.29, 0.717) is 10.0 Å². The molecule has 0 fully saturated rings. The van der Waals surface area contributed by atoms with Gasteiger partial charge in [-0.3, -0.25) is 0 Å². The van der Waals surface area contributed by atoms with Crippen LogP contribution in [0.2, 0.25) is 0 Å². The highest BCUT2D eigenvalue weighted by Crippen LogP contribution is 2.35. The molecule has 1 aliphatic rings. The SMILES string of the molecule is Fc1c(Br)cccc1-c1cccc2c1CCN2. The van der Waals surface area contributed by atoms with Crippen molar-refractivity contribution in [2.45, 2.75) is 6.42 Å². The number of anilines is 1. The molecule has 3 heteroatoms. The summed E-state index contributed by atoms with van der Waals surface area (Å²) < 4.78 is 14.6. The third kappa shape index (κ3) is 1.75. The molecule has 0 spiro atoms. The Morgan fingerprint density at radius 1 is 1.06 bits per heavy atom. The Labute approximate surface area is 108 Å². The fourth-order valence-corrected chi connectivity index (χ4v) is 2.67. The highest BCUT2D eigenvalue weighted by molar-refractivity contribution is 9.10. The van der Waals surface area contributed by atoms with Gasteiger partial charge in [0.05, 0.1) is 4.47 Å². The van der Waals surface area contributed by atoms with Crippen LogP contribution in [0, 0.1) is 5.82 Å². The molecule has 1 heterocycles. The van der Waals surface area contributed by atoms with Gasteiger partial charge in [-0.05, 0) is 45.6 Å². The fourth-order valence-electron chi connectivity index (χ4n) is 2.31. The standard InChI is InChI=1S/C14H11BrFN/c15-12-5-1-4-11(14(12)16)9-3-2-6-13-10(9)7-8-17-13/h1-6,17H,7-8H2. The van der Waals surface area contributed by atoms with Crippen molar-refractivity contribution < 1.29 is 4.39 Å². The highest BCUT2D eigenvalue weighted by atomic mass is 79.9. The molecule has 0 radical (unpaired) electrons. The third-order valence-corrected chi connectivity index (χ3v) is 3.72. The van der Waals surface area contributed by atoms with Gasteiger partial charge in [0.15, 0.2) is 0 Å². The van der Waals surface area contributed by atoms with E-state index in [1.54, 1.807) is 6.07 Å². The molecule has 1 aliphatic heterocycles.